The van der Waals surface area contributed by atoms with Crippen molar-refractivity contribution in [3.8, 4) is 33.4 Å². The zero-order valence-corrected chi connectivity index (χ0v) is 20.0. The first-order valence-corrected chi connectivity index (χ1v) is 11.7. The molecule has 170 valence electrons. The van der Waals surface area contributed by atoms with Gasteiger partial charge in [0.15, 0.2) is 0 Å². The molecule has 0 amide bonds. The lowest BCUT2D eigenvalue weighted by atomic mass is 9.73. The fraction of sp³-hybridized carbons (Fsp3) is 0.200. The van der Waals surface area contributed by atoms with E-state index in [2.05, 4.69) is 6.07 Å². The predicted octanol–water partition coefficient (Wildman–Crippen LogP) is 7.13. The highest BCUT2D eigenvalue weighted by Gasteiger charge is 2.52. The zero-order valence-electron chi connectivity index (χ0n) is 20.0. The molecule has 0 bridgehead atoms. The zero-order chi connectivity index (χ0) is 23.9. The van der Waals surface area contributed by atoms with Gasteiger partial charge in [-0.25, -0.2) is 4.39 Å². The molecule has 0 atom stereocenters. The molecule has 0 N–H and O–H groups in total. The second-order valence-corrected chi connectivity index (χ2v) is 9.78. The van der Waals surface area contributed by atoms with Gasteiger partial charge < -0.3 is 9.31 Å². The first-order valence-electron chi connectivity index (χ1n) is 11.7. The Hall–Kier alpha value is -3.21. The number of rotatable bonds is 4. The minimum Gasteiger partial charge on any atom is -0.399 e. The van der Waals surface area contributed by atoms with E-state index >= 15 is 4.39 Å². The average Bonchev–Trinajstić information content (AvgIpc) is 3.06. The van der Waals surface area contributed by atoms with Crippen LogP contribution in [0.4, 0.5) is 4.39 Å². The second-order valence-electron chi connectivity index (χ2n) is 9.78. The number of hydrogen-bond acceptors (Lipinski definition) is 2. The molecular weight excluding hydrogens is 422 g/mol. The lowest BCUT2D eigenvalue weighted by Crippen LogP contribution is -2.41. The quantitative estimate of drug-likeness (QED) is 0.308. The van der Waals surface area contributed by atoms with Crippen LogP contribution in [0.5, 0.6) is 0 Å². The number of halogens is 1. The van der Waals surface area contributed by atoms with Crippen molar-refractivity contribution in [2.24, 2.45) is 0 Å². The van der Waals surface area contributed by atoms with Gasteiger partial charge in [-0.1, -0.05) is 84.9 Å². The largest absolute Gasteiger partial charge is 0.495 e. The van der Waals surface area contributed by atoms with E-state index in [0.717, 1.165) is 33.3 Å². The Morgan fingerprint density at radius 2 is 1.09 bits per heavy atom. The Balaban J connectivity index is 1.63. The summed E-state index contributed by atoms with van der Waals surface area (Å²) in [5, 5.41) is 0. The Morgan fingerprint density at radius 3 is 1.74 bits per heavy atom. The van der Waals surface area contributed by atoms with Gasteiger partial charge in [-0.2, -0.15) is 0 Å². The highest BCUT2D eigenvalue weighted by molar-refractivity contribution is 6.64. The van der Waals surface area contributed by atoms with Gasteiger partial charge in [0.25, 0.3) is 0 Å². The third-order valence-electron chi connectivity index (χ3n) is 7.05. The minimum atomic E-state index is -0.505. The van der Waals surface area contributed by atoms with Crippen molar-refractivity contribution in [2.75, 3.05) is 0 Å². The lowest BCUT2D eigenvalue weighted by Gasteiger charge is -2.32. The van der Waals surface area contributed by atoms with Crippen molar-refractivity contribution < 1.29 is 13.7 Å². The monoisotopic (exact) mass is 450 g/mol. The Labute approximate surface area is 201 Å². The Morgan fingerprint density at radius 1 is 0.559 bits per heavy atom. The van der Waals surface area contributed by atoms with Crippen LogP contribution in [0.2, 0.25) is 0 Å². The topological polar surface area (TPSA) is 18.5 Å². The molecule has 0 saturated carbocycles. The molecule has 4 aromatic carbocycles. The van der Waals surface area contributed by atoms with Crippen LogP contribution in [-0.2, 0) is 9.31 Å². The molecule has 0 aliphatic carbocycles. The molecule has 1 heterocycles. The maximum Gasteiger partial charge on any atom is 0.495 e. The van der Waals surface area contributed by atoms with Crippen LogP contribution < -0.4 is 5.46 Å². The molecule has 34 heavy (non-hydrogen) atoms. The molecule has 4 aromatic rings. The van der Waals surface area contributed by atoms with Gasteiger partial charge in [-0.05, 0) is 73.1 Å². The van der Waals surface area contributed by atoms with Gasteiger partial charge in [0.05, 0.1) is 11.2 Å². The maximum absolute atomic E-state index is 15.2. The van der Waals surface area contributed by atoms with E-state index in [1.54, 1.807) is 6.07 Å². The molecule has 0 radical (unpaired) electrons. The Bertz CT molecular complexity index is 1310. The molecule has 0 aromatic heterocycles. The Kier molecular flexibility index (Phi) is 5.67. The summed E-state index contributed by atoms with van der Waals surface area (Å²) in [6.07, 6.45) is 0. The standard InChI is InChI=1S/C30H28BFO2/c1-29(2)30(3,4)34-31(33-29)27-17-11-10-16-25(27)23-14-8-9-15-24(23)26-20-22(18-19-28(26)32)21-12-6-5-7-13-21/h5-20H,1-4H3. The van der Waals surface area contributed by atoms with Crippen LogP contribution in [0.3, 0.4) is 0 Å². The predicted molar refractivity (Wildman–Crippen MR) is 138 cm³/mol. The summed E-state index contributed by atoms with van der Waals surface area (Å²) >= 11 is 0. The van der Waals surface area contributed by atoms with Crippen molar-refractivity contribution in [1.29, 1.82) is 0 Å². The average molecular weight is 450 g/mol. The molecule has 2 nitrogen and oxygen atoms in total. The number of hydrogen-bond donors (Lipinski definition) is 0. The van der Waals surface area contributed by atoms with Crippen LogP contribution in [0.15, 0.2) is 97.1 Å². The summed E-state index contributed by atoms with van der Waals surface area (Å²) in [7, 11) is -0.505. The van der Waals surface area contributed by atoms with Crippen LogP contribution in [0.25, 0.3) is 33.4 Å². The fourth-order valence-electron chi connectivity index (χ4n) is 4.41. The molecule has 1 aliphatic rings. The molecule has 0 spiro atoms. The van der Waals surface area contributed by atoms with Gasteiger partial charge in [-0.15, -0.1) is 0 Å². The van der Waals surface area contributed by atoms with Crippen molar-refractivity contribution >= 4 is 12.6 Å². The normalized spacial score (nSPS) is 16.6. The van der Waals surface area contributed by atoms with Gasteiger partial charge >= 0.3 is 7.12 Å². The van der Waals surface area contributed by atoms with E-state index in [-0.39, 0.29) is 5.82 Å². The summed E-state index contributed by atoms with van der Waals surface area (Å²) in [6.45, 7) is 8.20. The smallest absolute Gasteiger partial charge is 0.399 e. The van der Waals surface area contributed by atoms with E-state index in [1.807, 2.05) is 113 Å². The van der Waals surface area contributed by atoms with Gasteiger partial charge in [0, 0.05) is 5.56 Å². The van der Waals surface area contributed by atoms with E-state index in [9.17, 15) is 0 Å². The van der Waals surface area contributed by atoms with Gasteiger partial charge in [0.2, 0.25) is 0 Å². The molecule has 1 aliphatic heterocycles. The van der Waals surface area contributed by atoms with Crippen LogP contribution >= 0.6 is 0 Å². The summed E-state index contributed by atoms with van der Waals surface area (Å²) in [4.78, 5) is 0. The number of benzene rings is 4. The van der Waals surface area contributed by atoms with E-state index in [0.29, 0.717) is 5.56 Å². The fourth-order valence-corrected chi connectivity index (χ4v) is 4.41. The van der Waals surface area contributed by atoms with E-state index in [1.165, 1.54) is 0 Å². The molecular formula is C30H28BFO2. The lowest BCUT2D eigenvalue weighted by molar-refractivity contribution is 0.00578. The SMILES string of the molecule is CC1(C)OB(c2ccccc2-c2ccccc2-c2cc(-c3ccccc3)ccc2F)OC1(C)C. The summed E-state index contributed by atoms with van der Waals surface area (Å²) in [5.41, 5.74) is 5.40. The molecule has 4 heteroatoms. The van der Waals surface area contributed by atoms with Crippen LogP contribution in [0, 0.1) is 5.82 Å². The molecule has 0 unspecified atom stereocenters. The van der Waals surface area contributed by atoms with Gasteiger partial charge in [-0.3, -0.25) is 0 Å². The van der Waals surface area contributed by atoms with Crippen molar-refractivity contribution in [3.63, 3.8) is 0 Å². The summed E-state index contributed by atoms with van der Waals surface area (Å²) < 4.78 is 27.9. The van der Waals surface area contributed by atoms with E-state index < -0.39 is 18.3 Å². The molecule has 5 rings (SSSR count). The summed E-state index contributed by atoms with van der Waals surface area (Å²) in [6, 6.07) is 31.4. The minimum absolute atomic E-state index is 0.250. The first-order chi connectivity index (χ1) is 16.3. The van der Waals surface area contributed by atoms with Gasteiger partial charge in [0.1, 0.15) is 5.82 Å². The van der Waals surface area contributed by atoms with Crippen LogP contribution in [-0.4, -0.2) is 18.3 Å². The first kappa shape index (κ1) is 22.6. The van der Waals surface area contributed by atoms with E-state index in [4.69, 9.17) is 9.31 Å². The highest BCUT2D eigenvalue weighted by Crippen LogP contribution is 2.39. The van der Waals surface area contributed by atoms with Crippen LogP contribution in [0.1, 0.15) is 27.7 Å². The molecule has 1 fully saturated rings. The van der Waals surface area contributed by atoms with Crippen molar-refractivity contribution in [1.82, 2.24) is 0 Å². The maximum atomic E-state index is 15.2. The molecule has 1 saturated heterocycles. The van der Waals surface area contributed by atoms with Crippen molar-refractivity contribution in [2.45, 2.75) is 38.9 Å². The highest BCUT2D eigenvalue weighted by atomic mass is 19.1. The third kappa shape index (κ3) is 3.98. The summed E-state index contributed by atoms with van der Waals surface area (Å²) in [5.74, 6) is -0.250. The second kappa shape index (κ2) is 8.54. The third-order valence-corrected chi connectivity index (χ3v) is 7.05. The van der Waals surface area contributed by atoms with Crippen molar-refractivity contribution in [3.05, 3.63) is 103 Å².